The molecule has 1 unspecified atom stereocenters. The molecule has 8 nitrogen and oxygen atoms in total. The number of ether oxygens (including phenoxy) is 1. The Morgan fingerprint density at radius 1 is 1.00 bits per heavy atom. The summed E-state index contributed by atoms with van der Waals surface area (Å²) >= 11 is 6.08. The number of anilines is 1. The number of amides is 2. The molecule has 1 aliphatic rings. The molecule has 0 fully saturated rings. The van der Waals surface area contributed by atoms with Gasteiger partial charge in [0.2, 0.25) is 0 Å². The van der Waals surface area contributed by atoms with Crippen molar-refractivity contribution in [2.75, 3.05) is 11.9 Å². The van der Waals surface area contributed by atoms with Crippen LogP contribution in [0.4, 0.5) is 10.5 Å². The molecule has 1 atom stereocenters. The van der Waals surface area contributed by atoms with Gasteiger partial charge in [0.05, 0.1) is 0 Å². The Bertz CT molecular complexity index is 1220. The van der Waals surface area contributed by atoms with Gasteiger partial charge in [-0.25, -0.2) is 15.1 Å². The van der Waals surface area contributed by atoms with Gasteiger partial charge in [0.1, 0.15) is 6.61 Å². The first kappa shape index (κ1) is 23.3. The highest BCUT2D eigenvalue weighted by Crippen LogP contribution is 2.44. The summed E-state index contributed by atoms with van der Waals surface area (Å²) in [5.74, 6) is -2.04. The average Bonchev–Trinajstić information content (AvgIpc) is 3.14. The standard InChI is InChI=1S/C25H21ClN2O6/c1-14(24(30)31)34-28-23(29)15-10-16(26)12-17(11-15)27-25(32)33-13-22-20-8-4-2-6-18(20)19-7-3-5-9-21(19)22/h2-12,14,22H,13H2,1H3,(H,27,32)(H,28,29)(H,30,31). The first-order valence-corrected chi connectivity index (χ1v) is 10.8. The highest BCUT2D eigenvalue weighted by molar-refractivity contribution is 6.31. The van der Waals surface area contributed by atoms with E-state index in [1.807, 2.05) is 54.0 Å². The van der Waals surface area contributed by atoms with Crippen molar-refractivity contribution >= 4 is 35.3 Å². The van der Waals surface area contributed by atoms with Crippen LogP contribution in [0.15, 0.2) is 66.7 Å². The number of rotatable bonds is 7. The molecule has 0 aromatic heterocycles. The van der Waals surface area contributed by atoms with E-state index in [2.05, 4.69) is 5.32 Å². The van der Waals surface area contributed by atoms with Crippen LogP contribution in [0.5, 0.6) is 0 Å². The molecule has 34 heavy (non-hydrogen) atoms. The van der Waals surface area contributed by atoms with E-state index < -0.39 is 24.1 Å². The molecule has 1 aliphatic carbocycles. The number of carbonyl (C=O) groups is 3. The van der Waals surface area contributed by atoms with Gasteiger partial charge in [0.15, 0.2) is 6.10 Å². The maximum atomic E-state index is 12.5. The van der Waals surface area contributed by atoms with Crippen LogP contribution in [0.2, 0.25) is 5.02 Å². The number of hydroxylamine groups is 1. The first-order chi connectivity index (χ1) is 16.3. The van der Waals surface area contributed by atoms with Gasteiger partial charge >= 0.3 is 12.1 Å². The van der Waals surface area contributed by atoms with Crippen LogP contribution in [0.1, 0.15) is 34.3 Å². The fraction of sp³-hybridized carbons (Fsp3) is 0.160. The van der Waals surface area contributed by atoms with Gasteiger partial charge in [-0.05, 0) is 47.4 Å². The Morgan fingerprint density at radius 2 is 1.62 bits per heavy atom. The Labute approximate surface area is 200 Å². The molecular formula is C25H21ClN2O6. The smallest absolute Gasteiger partial charge is 0.411 e. The minimum Gasteiger partial charge on any atom is -0.479 e. The van der Waals surface area contributed by atoms with Crippen LogP contribution < -0.4 is 10.8 Å². The zero-order valence-electron chi connectivity index (χ0n) is 18.1. The van der Waals surface area contributed by atoms with Crippen molar-refractivity contribution in [3.63, 3.8) is 0 Å². The number of carboxylic acids is 1. The second-order valence-corrected chi connectivity index (χ2v) is 8.15. The van der Waals surface area contributed by atoms with Crippen molar-refractivity contribution in [3.05, 3.63) is 88.4 Å². The van der Waals surface area contributed by atoms with E-state index in [-0.39, 0.29) is 28.8 Å². The molecule has 3 aromatic rings. The number of hydrogen-bond donors (Lipinski definition) is 3. The molecule has 3 N–H and O–H groups in total. The minimum atomic E-state index is -1.23. The number of aliphatic carboxylic acids is 1. The van der Waals surface area contributed by atoms with Crippen LogP contribution in [0.3, 0.4) is 0 Å². The number of fused-ring (bicyclic) bond motifs is 3. The van der Waals surface area contributed by atoms with Crippen molar-refractivity contribution < 1.29 is 29.1 Å². The number of carboxylic acid groups (broad SMARTS) is 1. The van der Waals surface area contributed by atoms with Crippen LogP contribution in [0, 0.1) is 0 Å². The van der Waals surface area contributed by atoms with Gasteiger partial charge in [-0.15, -0.1) is 0 Å². The van der Waals surface area contributed by atoms with Crippen molar-refractivity contribution in [3.8, 4) is 11.1 Å². The van der Waals surface area contributed by atoms with E-state index in [1.54, 1.807) is 0 Å². The molecule has 0 radical (unpaired) electrons. The number of halogens is 1. The van der Waals surface area contributed by atoms with Crippen LogP contribution in [0.25, 0.3) is 11.1 Å². The predicted molar refractivity (Wildman–Crippen MR) is 126 cm³/mol. The maximum absolute atomic E-state index is 12.5. The first-order valence-electron chi connectivity index (χ1n) is 10.4. The third-order valence-corrected chi connectivity index (χ3v) is 5.64. The van der Waals surface area contributed by atoms with Gasteiger partial charge in [-0.1, -0.05) is 60.1 Å². The Hall–Kier alpha value is -3.88. The van der Waals surface area contributed by atoms with Crippen LogP contribution in [-0.2, 0) is 14.4 Å². The zero-order chi connectivity index (χ0) is 24.2. The summed E-state index contributed by atoms with van der Waals surface area (Å²) in [5, 5.41) is 11.6. The topological polar surface area (TPSA) is 114 Å². The normalized spacial score (nSPS) is 12.9. The molecule has 2 amide bonds. The minimum absolute atomic E-state index is 0.0686. The van der Waals surface area contributed by atoms with Crippen molar-refractivity contribution in [1.82, 2.24) is 5.48 Å². The van der Waals surface area contributed by atoms with E-state index in [1.165, 1.54) is 25.1 Å². The lowest BCUT2D eigenvalue weighted by Crippen LogP contribution is -2.32. The van der Waals surface area contributed by atoms with E-state index in [0.29, 0.717) is 0 Å². The fourth-order valence-electron chi connectivity index (χ4n) is 3.80. The molecule has 174 valence electrons. The second kappa shape index (κ2) is 9.94. The highest BCUT2D eigenvalue weighted by Gasteiger charge is 2.29. The van der Waals surface area contributed by atoms with Crippen molar-refractivity contribution in [2.45, 2.75) is 18.9 Å². The quantitative estimate of drug-likeness (QED) is 0.417. The van der Waals surface area contributed by atoms with E-state index in [0.717, 1.165) is 22.3 Å². The lowest BCUT2D eigenvalue weighted by molar-refractivity contribution is -0.152. The summed E-state index contributed by atoms with van der Waals surface area (Å²) in [7, 11) is 0. The SMILES string of the molecule is CC(ONC(=O)c1cc(Cl)cc(NC(=O)OCC2c3ccccc3-c3ccccc32)c1)C(=O)O. The molecule has 0 spiro atoms. The van der Waals surface area contributed by atoms with E-state index >= 15 is 0 Å². The third-order valence-electron chi connectivity index (χ3n) is 5.43. The summed E-state index contributed by atoms with van der Waals surface area (Å²) in [6.45, 7) is 1.40. The molecule has 0 bridgehead atoms. The molecule has 0 saturated heterocycles. The largest absolute Gasteiger partial charge is 0.479 e. The Kier molecular flexibility index (Phi) is 6.81. The lowest BCUT2D eigenvalue weighted by Gasteiger charge is -2.15. The summed E-state index contributed by atoms with van der Waals surface area (Å²) in [6.07, 6.45) is -1.94. The molecule has 4 rings (SSSR count). The highest BCUT2D eigenvalue weighted by atomic mass is 35.5. The molecule has 0 aliphatic heterocycles. The third kappa shape index (κ3) is 5.03. The zero-order valence-corrected chi connectivity index (χ0v) is 18.8. The second-order valence-electron chi connectivity index (χ2n) is 7.71. The number of carbonyl (C=O) groups excluding carboxylic acids is 2. The van der Waals surface area contributed by atoms with E-state index in [4.69, 9.17) is 26.3 Å². The average molecular weight is 481 g/mol. The number of hydrogen-bond acceptors (Lipinski definition) is 5. The Balaban J connectivity index is 1.41. The molecule has 0 heterocycles. The van der Waals surface area contributed by atoms with Gasteiger partial charge < -0.3 is 9.84 Å². The summed E-state index contributed by atoms with van der Waals surface area (Å²) in [4.78, 5) is 40.4. The maximum Gasteiger partial charge on any atom is 0.411 e. The molecule has 9 heteroatoms. The molecular weight excluding hydrogens is 460 g/mol. The predicted octanol–water partition coefficient (Wildman–Crippen LogP) is 4.84. The van der Waals surface area contributed by atoms with Gasteiger partial charge in [-0.2, -0.15) is 0 Å². The number of benzene rings is 3. The molecule has 0 saturated carbocycles. The summed E-state index contributed by atoms with van der Waals surface area (Å²) < 4.78 is 5.51. The fourth-order valence-corrected chi connectivity index (χ4v) is 4.03. The van der Waals surface area contributed by atoms with Gasteiger partial charge in [0.25, 0.3) is 5.91 Å². The summed E-state index contributed by atoms with van der Waals surface area (Å²) in [6, 6.07) is 20.2. The van der Waals surface area contributed by atoms with Crippen LogP contribution in [-0.4, -0.2) is 35.8 Å². The van der Waals surface area contributed by atoms with Crippen LogP contribution >= 0.6 is 11.6 Å². The monoisotopic (exact) mass is 480 g/mol. The van der Waals surface area contributed by atoms with Gasteiger partial charge in [0, 0.05) is 22.2 Å². The van der Waals surface area contributed by atoms with Crippen molar-refractivity contribution in [1.29, 1.82) is 0 Å². The summed E-state index contributed by atoms with van der Waals surface area (Å²) in [5.41, 5.74) is 6.78. The lowest BCUT2D eigenvalue weighted by atomic mass is 9.98. The van der Waals surface area contributed by atoms with Gasteiger partial charge in [-0.3, -0.25) is 14.9 Å². The Morgan fingerprint density at radius 3 is 2.24 bits per heavy atom. The van der Waals surface area contributed by atoms with E-state index in [9.17, 15) is 14.4 Å². The molecule has 3 aromatic carbocycles. The van der Waals surface area contributed by atoms with Crippen molar-refractivity contribution in [2.24, 2.45) is 0 Å². The number of nitrogens with one attached hydrogen (secondary N) is 2.